The van der Waals surface area contributed by atoms with Gasteiger partial charge in [0.1, 0.15) is 0 Å². The summed E-state index contributed by atoms with van der Waals surface area (Å²) in [5, 5.41) is 3.57. The number of nitrogens with one attached hydrogen (secondary N) is 1. The molecule has 1 aromatic heterocycles. The molecule has 1 atom stereocenters. The highest BCUT2D eigenvalue weighted by atomic mass is 32.1. The second kappa shape index (κ2) is 4.45. The number of hydrogen-bond acceptors (Lipinski definition) is 3. The van der Waals surface area contributed by atoms with Crippen molar-refractivity contribution in [1.29, 1.82) is 0 Å². The minimum atomic E-state index is 0.162. The van der Waals surface area contributed by atoms with Crippen LogP contribution in [-0.2, 0) is 6.42 Å². The van der Waals surface area contributed by atoms with Crippen molar-refractivity contribution in [2.24, 2.45) is 5.41 Å². The zero-order valence-electron chi connectivity index (χ0n) is 9.20. The van der Waals surface area contributed by atoms with E-state index in [0.29, 0.717) is 0 Å². The Hall–Kier alpha value is -0.670. The van der Waals surface area contributed by atoms with Crippen molar-refractivity contribution >= 4 is 11.3 Å². The number of aromatic nitrogens is 1. The Bertz CT molecular complexity index is 316. The third kappa shape index (κ3) is 3.14. The SMILES string of the molecule is C=CC(C)(CNC1CC1)Cc1cncs1. The van der Waals surface area contributed by atoms with E-state index in [1.807, 2.05) is 11.7 Å². The molecule has 2 nitrogen and oxygen atoms in total. The first-order valence-corrected chi connectivity index (χ1v) is 6.34. The number of thiazole rings is 1. The van der Waals surface area contributed by atoms with E-state index in [-0.39, 0.29) is 5.41 Å². The monoisotopic (exact) mass is 222 g/mol. The van der Waals surface area contributed by atoms with Crippen LogP contribution in [0.5, 0.6) is 0 Å². The normalized spacial score (nSPS) is 19.8. The van der Waals surface area contributed by atoms with Gasteiger partial charge in [0.25, 0.3) is 0 Å². The van der Waals surface area contributed by atoms with Crippen LogP contribution in [0.1, 0.15) is 24.6 Å². The van der Waals surface area contributed by atoms with Gasteiger partial charge in [0.2, 0.25) is 0 Å². The van der Waals surface area contributed by atoms with Gasteiger partial charge in [0.05, 0.1) is 5.51 Å². The highest BCUT2D eigenvalue weighted by Crippen LogP contribution is 2.27. The molecule has 1 unspecified atom stereocenters. The van der Waals surface area contributed by atoms with E-state index in [1.54, 1.807) is 11.3 Å². The third-order valence-electron chi connectivity index (χ3n) is 2.93. The molecule has 1 saturated carbocycles. The summed E-state index contributed by atoms with van der Waals surface area (Å²) in [7, 11) is 0. The molecular formula is C12H18N2S. The fourth-order valence-electron chi connectivity index (χ4n) is 1.60. The van der Waals surface area contributed by atoms with Crippen LogP contribution in [0.4, 0.5) is 0 Å². The fraction of sp³-hybridized carbons (Fsp3) is 0.583. The van der Waals surface area contributed by atoms with Gasteiger partial charge in [-0.25, -0.2) is 0 Å². The smallest absolute Gasteiger partial charge is 0.0794 e. The van der Waals surface area contributed by atoms with E-state index in [1.165, 1.54) is 17.7 Å². The van der Waals surface area contributed by atoms with Gasteiger partial charge in [0.15, 0.2) is 0 Å². The highest BCUT2D eigenvalue weighted by Gasteiger charge is 2.26. The summed E-state index contributed by atoms with van der Waals surface area (Å²) in [5.74, 6) is 0. The lowest BCUT2D eigenvalue weighted by atomic mass is 9.86. The maximum Gasteiger partial charge on any atom is 0.0794 e. The van der Waals surface area contributed by atoms with Crippen LogP contribution < -0.4 is 5.32 Å². The second-order valence-corrected chi connectivity index (χ2v) is 5.63. The molecule has 0 radical (unpaired) electrons. The number of hydrogen-bond donors (Lipinski definition) is 1. The first-order chi connectivity index (χ1) is 7.22. The van der Waals surface area contributed by atoms with Crippen molar-refractivity contribution in [3.63, 3.8) is 0 Å². The summed E-state index contributed by atoms with van der Waals surface area (Å²) in [4.78, 5) is 5.45. The fourth-order valence-corrected chi connectivity index (χ4v) is 2.39. The van der Waals surface area contributed by atoms with Gasteiger partial charge in [-0.3, -0.25) is 4.98 Å². The molecule has 0 amide bonds. The number of rotatable bonds is 6. The predicted molar refractivity (Wildman–Crippen MR) is 65.1 cm³/mol. The van der Waals surface area contributed by atoms with Crippen LogP contribution >= 0.6 is 11.3 Å². The standard InChI is InChI=1S/C12H18N2S/c1-3-12(2,8-14-10-4-5-10)6-11-7-13-9-15-11/h3,7,9-10,14H,1,4-6,8H2,2H3. The maximum absolute atomic E-state index is 4.11. The van der Waals surface area contributed by atoms with E-state index < -0.39 is 0 Å². The zero-order chi connectivity index (χ0) is 10.7. The van der Waals surface area contributed by atoms with Crippen LogP contribution in [0.15, 0.2) is 24.4 Å². The first kappa shape index (κ1) is 10.8. The van der Waals surface area contributed by atoms with Gasteiger partial charge >= 0.3 is 0 Å². The van der Waals surface area contributed by atoms with Gasteiger partial charge in [0, 0.05) is 29.1 Å². The molecule has 82 valence electrons. The molecule has 1 aliphatic rings. The summed E-state index contributed by atoms with van der Waals surface area (Å²) in [6.07, 6.45) is 7.76. The van der Waals surface area contributed by atoms with E-state index >= 15 is 0 Å². The third-order valence-corrected chi connectivity index (χ3v) is 3.71. The molecular weight excluding hydrogens is 204 g/mol. The van der Waals surface area contributed by atoms with Crippen molar-refractivity contribution in [3.8, 4) is 0 Å². The molecule has 0 aliphatic heterocycles. The predicted octanol–water partition coefficient (Wildman–Crippen LogP) is 2.63. The minimum absolute atomic E-state index is 0.162. The van der Waals surface area contributed by atoms with Crippen LogP contribution in [0.2, 0.25) is 0 Å². The van der Waals surface area contributed by atoms with E-state index in [9.17, 15) is 0 Å². The van der Waals surface area contributed by atoms with E-state index in [2.05, 4.69) is 29.9 Å². The summed E-state index contributed by atoms with van der Waals surface area (Å²) in [5.41, 5.74) is 2.06. The molecule has 1 aliphatic carbocycles. The lowest BCUT2D eigenvalue weighted by Crippen LogP contribution is -2.33. The summed E-state index contributed by atoms with van der Waals surface area (Å²) >= 11 is 1.73. The van der Waals surface area contributed by atoms with Crippen molar-refractivity contribution < 1.29 is 0 Å². The topological polar surface area (TPSA) is 24.9 Å². The Balaban J connectivity index is 1.90. The Morgan fingerprint density at radius 3 is 3.07 bits per heavy atom. The Morgan fingerprint density at radius 1 is 1.73 bits per heavy atom. The largest absolute Gasteiger partial charge is 0.313 e. The zero-order valence-corrected chi connectivity index (χ0v) is 10.0. The molecule has 3 heteroatoms. The lowest BCUT2D eigenvalue weighted by molar-refractivity contribution is 0.391. The molecule has 2 rings (SSSR count). The molecule has 1 fully saturated rings. The first-order valence-electron chi connectivity index (χ1n) is 5.46. The molecule has 15 heavy (non-hydrogen) atoms. The molecule has 1 aromatic rings. The van der Waals surface area contributed by atoms with Gasteiger partial charge in [-0.2, -0.15) is 0 Å². The van der Waals surface area contributed by atoms with Crippen LogP contribution in [0, 0.1) is 5.41 Å². The van der Waals surface area contributed by atoms with Crippen molar-refractivity contribution in [3.05, 3.63) is 29.2 Å². The average Bonchev–Trinajstić information content (AvgIpc) is 2.94. The second-order valence-electron chi connectivity index (χ2n) is 4.66. The average molecular weight is 222 g/mol. The van der Waals surface area contributed by atoms with E-state index in [0.717, 1.165) is 19.0 Å². The quantitative estimate of drug-likeness (QED) is 0.748. The Kier molecular flexibility index (Phi) is 3.22. The summed E-state index contributed by atoms with van der Waals surface area (Å²) in [6.45, 7) is 7.24. The Morgan fingerprint density at radius 2 is 2.53 bits per heavy atom. The van der Waals surface area contributed by atoms with Crippen molar-refractivity contribution in [2.45, 2.75) is 32.2 Å². The molecule has 1 N–H and O–H groups in total. The number of nitrogens with zero attached hydrogens (tertiary/aromatic N) is 1. The molecule has 1 heterocycles. The molecule has 0 bridgehead atoms. The lowest BCUT2D eigenvalue weighted by Gasteiger charge is -2.25. The maximum atomic E-state index is 4.11. The van der Waals surface area contributed by atoms with Crippen LogP contribution in [0.25, 0.3) is 0 Å². The summed E-state index contributed by atoms with van der Waals surface area (Å²) < 4.78 is 0. The van der Waals surface area contributed by atoms with Crippen molar-refractivity contribution in [1.82, 2.24) is 10.3 Å². The summed E-state index contributed by atoms with van der Waals surface area (Å²) in [6, 6.07) is 0.769. The van der Waals surface area contributed by atoms with E-state index in [4.69, 9.17) is 0 Å². The molecule has 0 aromatic carbocycles. The van der Waals surface area contributed by atoms with Gasteiger partial charge in [-0.1, -0.05) is 13.0 Å². The van der Waals surface area contributed by atoms with Crippen LogP contribution in [0.3, 0.4) is 0 Å². The van der Waals surface area contributed by atoms with Crippen LogP contribution in [-0.4, -0.2) is 17.6 Å². The minimum Gasteiger partial charge on any atom is -0.313 e. The molecule has 0 spiro atoms. The van der Waals surface area contributed by atoms with Gasteiger partial charge in [-0.05, 0) is 19.3 Å². The Labute approximate surface area is 95.4 Å². The van der Waals surface area contributed by atoms with Gasteiger partial charge < -0.3 is 5.32 Å². The molecule has 0 saturated heterocycles. The highest BCUT2D eigenvalue weighted by molar-refractivity contribution is 7.09. The van der Waals surface area contributed by atoms with Gasteiger partial charge in [-0.15, -0.1) is 17.9 Å². The van der Waals surface area contributed by atoms with Crippen molar-refractivity contribution in [2.75, 3.05) is 6.54 Å².